The Kier molecular flexibility index (Phi) is 5.62. The molecule has 3 aromatic rings. The molecule has 0 bridgehead atoms. The molecule has 27 heavy (non-hydrogen) atoms. The van der Waals surface area contributed by atoms with Crippen molar-refractivity contribution in [3.05, 3.63) is 61.1 Å². The average molecular weight is 368 g/mol. The first-order valence-electron chi connectivity index (χ1n) is 8.28. The molecule has 2 heterocycles. The molecule has 0 saturated heterocycles. The highest BCUT2D eigenvalue weighted by Crippen LogP contribution is 2.17. The second-order valence-electron chi connectivity index (χ2n) is 6.08. The third-order valence-electron chi connectivity index (χ3n) is 3.98. The number of benzene rings is 1. The molecule has 2 amide bonds. The number of nitrogens with one attached hydrogen (secondary N) is 2. The van der Waals surface area contributed by atoms with Gasteiger partial charge in [-0.25, -0.2) is 0 Å². The van der Waals surface area contributed by atoms with Gasteiger partial charge in [0.1, 0.15) is 18.4 Å². The van der Waals surface area contributed by atoms with E-state index in [1.54, 1.807) is 47.8 Å². The molecular weight excluding hydrogens is 348 g/mol. The Bertz CT molecular complexity index is 890. The van der Waals surface area contributed by atoms with Gasteiger partial charge in [0.2, 0.25) is 0 Å². The number of carbonyl (C=O) groups excluding carboxylic acids is 2. The van der Waals surface area contributed by atoms with Crippen LogP contribution in [0.25, 0.3) is 5.69 Å². The summed E-state index contributed by atoms with van der Waals surface area (Å²) >= 11 is 0. The summed E-state index contributed by atoms with van der Waals surface area (Å²) in [5, 5.41) is 12.7. The lowest BCUT2D eigenvalue weighted by Crippen LogP contribution is -2.40. The summed E-state index contributed by atoms with van der Waals surface area (Å²) in [7, 11) is 3.74. The largest absolute Gasteiger partial charge is 0.468 e. The maximum Gasteiger partial charge on any atom is 0.313 e. The molecule has 140 valence electrons. The highest BCUT2D eigenvalue weighted by Gasteiger charge is 2.20. The Hall–Kier alpha value is -3.46. The summed E-state index contributed by atoms with van der Waals surface area (Å²) in [6.07, 6.45) is 4.66. The van der Waals surface area contributed by atoms with E-state index in [0.29, 0.717) is 11.4 Å². The van der Waals surface area contributed by atoms with Crippen molar-refractivity contribution >= 4 is 17.5 Å². The van der Waals surface area contributed by atoms with Crippen LogP contribution >= 0.6 is 0 Å². The normalized spacial score (nSPS) is 12.0. The fraction of sp³-hybridized carbons (Fsp3) is 0.222. The standard InChI is InChI=1S/C18H20N6O3/c1-23(2)15(16-7-4-8-27-16)10-19-17(25)18(26)22-13-5-3-6-14(9-13)24-11-20-21-12-24/h3-9,11-12,15H,10H2,1-2H3,(H,19,25)(H,22,26)/t15-/m0/s1. The minimum absolute atomic E-state index is 0.172. The lowest BCUT2D eigenvalue weighted by atomic mass is 10.2. The van der Waals surface area contributed by atoms with E-state index in [1.165, 1.54) is 0 Å². The number of rotatable bonds is 6. The number of aromatic nitrogens is 3. The van der Waals surface area contributed by atoms with Crippen molar-refractivity contribution < 1.29 is 14.0 Å². The third kappa shape index (κ3) is 4.59. The molecule has 0 spiro atoms. The van der Waals surface area contributed by atoms with E-state index in [-0.39, 0.29) is 12.6 Å². The van der Waals surface area contributed by atoms with E-state index in [2.05, 4.69) is 20.8 Å². The predicted molar refractivity (Wildman–Crippen MR) is 98.1 cm³/mol. The van der Waals surface area contributed by atoms with Gasteiger partial charge in [0, 0.05) is 12.2 Å². The number of furan rings is 1. The van der Waals surface area contributed by atoms with Crippen LogP contribution in [0.1, 0.15) is 11.8 Å². The van der Waals surface area contributed by atoms with Crippen LogP contribution in [0.4, 0.5) is 5.69 Å². The van der Waals surface area contributed by atoms with Crippen LogP contribution in [0.5, 0.6) is 0 Å². The lowest BCUT2D eigenvalue weighted by molar-refractivity contribution is -0.136. The first-order chi connectivity index (χ1) is 13.0. The molecule has 9 nitrogen and oxygen atoms in total. The number of anilines is 1. The highest BCUT2D eigenvalue weighted by atomic mass is 16.3. The molecule has 2 aromatic heterocycles. The van der Waals surface area contributed by atoms with E-state index in [0.717, 1.165) is 5.69 Å². The SMILES string of the molecule is CN(C)[C@@H](CNC(=O)C(=O)Nc1cccc(-n2cnnc2)c1)c1ccco1. The molecule has 0 aliphatic carbocycles. The molecular formula is C18H20N6O3. The van der Waals surface area contributed by atoms with Gasteiger partial charge in [0.05, 0.1) is 18.0 Å². The van der Waals surface area contributed by atoms with Crippen molar-refractivity contribution in [2.45, 2.75) is 6.04 Å². The average Bonchev–Trinajstić information content (AvgIpc) is 3.36. The Morgan fingerprint density at radius 2 is 1.93 bits per heavy atom. The maximum absolute atomic E-state index is 12.2. The van der Waals surface area contributed by atoms with Gasteiger partial charge in [-0.05, 0) is 44.4 Å². The number of hydrogen-bond acceptors (Lipinski definition) is 6. The Morgan fingerprint density at radius 1 is 1.15 bits per heavy atom. The van der Waals surface area contributed by atoms with Gasteiger partial charge in [-0.2, -0.15) is 0 Å². The summed E-state index contributed by atoms with van der Waals surface area (Å²) < 4.78 is 7.08. The zero-order valence-corrected chi connectivity index (χ0v) is 15.0. The number of amides is 2. The minimum atomic E-state index is -0.743. The number of carbonyl (C=O) groups is 2. The summed E-state index contributed by atoms with van der Waals surface area (Å²) in [6, 6.07) is 10.5. The van der Waals surface area contributed by atoms with Gasteiger partial charge in [0.15, 0.2) is 0 Å². The van der Waals surface area contributed by atoms with Gasteiger partial charge in [-0.1, -0.05) is 6.07 Å². The molecule has 9 heteroatoms. The zero-order chi connectivity index (χ0) is 19.2. The van der Waals surface area contributed by atoms with E-state index in [1.807, 2.05) is 31.1 Å². The molecule has 1 atom stereocenters. The maximum atomic E-state index is 12.2. The lowest BCUT2D eigenvalue weighted by Gasteiger charge is -2.22. The van der Waals surface area contributed by atoms with Crippen molar-refractivity contribution in [3.63, 3.8) is 0 Å². The minimum Gasteiger partial charge on any atom is -0.468 e. The van der Waals surface area contributed by atoms with Crippen LogP contribution in [0.15, 0.2) is 59.7 Å². The smallest absolute Gasteiger partial charge is 0.313 e. The van der Waals surface area contributed by atoms with Crippen LogP contribution in [0.3, 0.4) is 0 Å². The van der Waals surface area contributed by atoms with E-state index in [9.17, 15) is 9.59 Å². The Labute approximate surface area is 156 Å². The monoisotopic (exact) mass is 368 g/mol. The molecule has 0 aliphatic heterocycles. The van der Waals surface area contributed by atoms with Gasteiger partial charge in [0.25, 0.3) is 0 Å². The number of nitrogens with zero attached hydrogens (tertiary/aromatic N) is 4. The van der Waals surface area contributed by atoms with Crippen molar-refractivity contribution in [1.29, 1.82) is 0 Å². The topological polar surface area (TPSA) is 105 Å². The molecule has 0 fully saturated rings. The van der Waals surface area contributed by atoms with Gasteiger partial charge in [-0.3, -0.25) is 19.1 Å². The molecule has 0 unspecified atom stereocenters. The van der Waals surface area contributed by atoms with E-state index in [4.69, 9.17) is 4.42 Å². The van der Waals surface area contributed by atoms with Crippen LogP contribution < -0.4 is 10.6 Å². The van der Waals surface area contributed by atoms with Gasteiger partial charge < -0.3 is 15.1 Å². The van der Waals surface area contributed by atoms with Crippen LogP contribution in [0.2, 0.25) is 0 Å². The van der Waals surface area contributed by atoms with Gasteiger partial charge in [-0.15, -0.1) is 10.2 Å². The first kappa shape index (κ1) is 18.3. The Balaban J connectivity index is 1.59. The predicted octanol–water partition coefficient (Wildman–Crippen LogP) is 1.22. The quantitative estimate of drug-likeness (QED) is 0.634. The van der Waals surface area contributed by atoms with Crippen molar-refractivity contribution in [1.82, 2.24) is 25.0 Å². The molecule has 1 aromatic carbocycles. The number of likely N-dealkylation sites (N-methyl/N-ethyl adjacent to an activating group) is 1. The molecule has 0 radical (unpaired) electrons. The number of hydrogen-bond donors (Lipinski definition) is 2. The van der Waals surface area contributed by atoms with Gasteiger partial charge >= 0.3 is 11.8 Å². The van der Waals surface area contributed by atoms with Crippen LogP contribution in [-0.2, 0) is 9.59 Å². The fourth-order valence-electron chi connectivity index (χ4n) is 2.55. The molecule has 0 saturated carbocycles. The van der Waals surface area contributed by atoms with Crippen molar-refractivity contribution in [2.75, 3.05) is 26.0 Å². The van der Waals surface area contributed by atoms with Crippen LogP contribution in [0, 0.1) is 0 Å². The first-order valence-corrected chi connectivity index (χ1v) is 8.28. The summed E-state index contributed by atoms with van der Waals surface area (Å²) in [5.74, 6) is -0.752. The van der Waals surface area contributed by atoms with Crippen molar-refractivity contribution in [2.24, 2.45) is 0 Å². The summed E-state index contributed by atoms with van der Waals surface area (Å²) in [5.41, 5.74) is 1.26. The van der Waals surface area contributed by atoms with E-state index < -0.39 is 11.8 Å². The zero-order valence-electron chi connectivity index (χ0n) is 15.0. The van der Waals surface area contributed by atoms with Crippen LogP contribution in [-0.4, -0.2) is 52.1 Å². The molecule has 2 N–H and O–H groups in total. The summed E-state index contributed by atoms with van der Waals surface area (Å²) in [6.45, 7) is 0.244. The summed E-state index contributed by atoms with van der Waals surface area (Å²) in [4.78, 5) is 26.3. The molecule has 0 aliphatic rings. The highest BCUT2D eigenvalue weighted by molar-refractivity contribution is 6.39. The second kappa shape index (κ2) is 8.28. The second-order valence-corrected chi connectivity index (χ2v) is 6.08. The molecule has 3 rings (SSSR count). The van der Waals surface area contributed by atoms with E-state index >= 15 is 0 Å². The fourth-order valence-corrected chi connectivity index (χ4v) is 2.55. The third-order valence-corrected chi connectivity index (χ3v) is 3.98. The van der Waals surface area contributed by atoms with Crippen molar-refractivity contribution in [3.8, 4) is 5.69 Å². The Morgan fingerprint density at radius 3 is 2.59 bits per heavy atom.